The van der Waals surface area contributed by atoms with Crippen molar-refractivity contribution in [3.05, 3.63) is 16.1 Å². The van der Waals surface area contributed by atoms with Gasteiger partial charge < -0.3 is 5.73 Å². The summed E-state index contributed by atoms with van der Waals surface area (Å²) in [5.74, 6) is 0.558. The third-order valence-electron chi connectivity index (χ3n) is 3.04. The Labute approximate surface area is 89.5 Å². The van der Waals surface area contributed by atoms with Crippen molar-refractivity contribution >= 4 is 11.3 Å². The summed E-state index contributed by atoms with van der Waals surface area (Å²) in [5, 5.41) is 3.50. The first-order valence-electron chi connectivity index (χ1n) is 5.34. The summed E-state index contributed by atoms with van der Waals surface area (Å²) < 4.78 is 0. The summed E-state index contributed by atoms with van der Waals surface area (Å²) in [7, 11) is 0. The van der Waals surface area contributed by atoms with E-state index in [0.29, 0.717) is 11.3 Å². The van der Waals surface area contributed by atoms with Crippen molar-refractivity contribution in [2.24, 2.45) is 5.73 Å². The van der Waals surface area contributed by atoms with Crippen LogP contribution in [0.5, 0.6) is 0 Å². The molecule has 0 saturated heterocycles. The SMILES string of the molecule is CC(C)c1nc(C2(CCN)CC2)cs1. The van der Waals surface area contributed by atoms with Gasteiger partial charge in [0.15, 0.2) is 0 Å². The first-order valence-corrected chi connectivity index (χ1v) is 6.22. The van der Waals surface area contributed by atoms with Gasteiger partial charge in [0.05, 0.1) is 10.7 Å². The van der Waals surface area contributed by atoms with Crippen molar-refractivity contribution in [2.45, 2.75) is 44.4 Å². The lowest BCUT2D eigenvalue weighted by Crippen LogP contribution is -2.13. The van der Waals surface area contributed by atoms with E-state index in [1.54, 1.807) is 11.3 Å². The van der Waals surface area contributed by atoms with Crippen molar-refractivity contribution in [3.63, 3.8) is 0 Å². The Bertz CT molecular complexity index is 313. The highest BCUT2D eigenvalue weighted by atomic mass is 32.1. The molecule has 1 aromatic rings. The highest BCUT2D eigenvalue weighted by Crippen LogP contribution is 2.50. The lowest BCUT2D eigenvalue weighted by atomic mass is 9.99. The van der Waals surface area contributed by atoms with Gasteiger partial charge >= 0.3 is 0 Å². The molecule has 3 heteroatoms. The average molecular weight is 210 g/mol. The van der Waals surface area contributed by atoms with Crippen molar-refractivity contribution in [3.8, 4) is 0 Å². The van der Waals surface area contributed by atoms with Gasteiger partial charge in [-0.3, -0.25) is 0 Å². The molecular formula is C11H18N2S. The Morgan fingerprint density at radius 3 is 2.71 bits per heavy atom. The first-order chi connectivity index (χ1) is 6.68. The van der Waals surface area contributed by atoms with Crippen molar-refractivity contribution < 1.29 is 0 Å². The predicted octanol–water partition coefficient (Wildman–Crippen LogP) is 2.65. The molecule has 2 rings (SSSR count). The summed E-state index contributed by atoms with van der Waals surface area (Å²) in [4.78, 5) is 4.73. The number of nitrogens with two attached hydrogens (primary N) is 1. The lowest BCUT2D eigenvalue weighted by molar-refractivity contribution is 0.610. The maximum absolute atomic E-state index is 5.63. The normalized spacial score (nSPS) is 18.9. The van der Waals surface area contributed by atoms with Crippen molar-refractivity contribution in [1.82, 2.24) is 4.98 Å². The third kappa shape index (κ3) is 1.71. The van der Waals surface area contributed by atoms with Crippen LogP contribution in [0.15, 0.2) is 5.38 Å². The van der Waals surface area contributed by atoms with Crippen molar-refractivity contribution in [2.75, 3.05) is 6.54 Å². The number of aromatic nitrogens is 1. The second kappa shape index (κ2) is 3.63. The fourth-order valence-electron chi connectivity index (χ4n) is 1.86. The van der Waals surface area contributed by atoms with Gasteiger partial charge in [0.25, 0.3) is 0 Å². The molecule has 1 heterocycles. The van der Waals surface area contributed by atoms with Crippen LogP contribution in [0.25, 0.3) is 0 Å². The summed E-state index contributed by atoms with van der Waals surface area (Å²) in [6, 6.07) is 0. The molecule has 0 radical (unpaired) electrons. The molecule has 0 aromatic carbocycles. The number of hydrogen-bond acceptors (Lipinski definition) is 3. The van der Waals surface area contributed by atoms with Gasteiger partial charge in [-0.1, -0.05) is 13.8 Å². The van der Waals surface area contributed by atoms with Gasteiger partial charge in [-0.25, -0.2) is 4.98 Å². The van der Waals surface area contributed by atoms with Gasteiger partial charge in [-0.15, -0.1) is 11.3 Å². The molecule has 0 atom stereocenters. The number of nitrogens with zero attached hydrogens (tertiary/aromatic N) is 1. The molecule has 2 N–H and O–H groups in total. The van der Waals surface area contributed by atoms with E-state index in [1.165, 1.54) is 23.5 Å². The molecule has 0 aliphatic heterocycles. The summed E-state index contributed by atoms with van der Waals surface area (Å²) in [6.45, 7) is 5.19. The van der Waals surface area contributed by atoms with E-state index in [1.807, 2.05) is 0 Å². The van der Waals surface area contributed by atoms with E-state index in [-0.39, 0.29) is 0 Å². The molecular weight excluding hydrogens is 192 g/mol. The Balaban J connectivity index is 2.16. The van der Waals surface area contributed by atoms with Crippen LogP contribution in [0.4, 0.5) is 0 Å². The topological polar surface area (TPSA) is 38.9 Å². The van der Waals surface area contributed by atoms with Crippen LogP contribution in [-0.4, -0.2) is 11.5 Å². The zero-order valence-electron chi connectivity index (χ0n) is 8.92. The molecule has 0 unspecified atom stereocenters. The summed E-state index contributed by atoms with van der Waals surface area (Å²) in [6.07, 6.45) is 3.67. The first kappa shape index (κ1) is 10.1. The zero-order chi connectivity index (χ0) is 10.2. The third-order valence-corrected chi connectivity index (χ3v) is 4.18. The van der Waals surface area contributed by atoms with Crippen LogP contribution >= 0.6 is 11.3 Å². The highest BCUT2D eigenvalue weighted by Gasteiger charge is 2.45. The zero-order valence-corrected chi connectivity index (χ0v) is 9.73. The lowest BCUT2D eigenvalue weighted by Gasteiger charge is -2.09. The Hall–Kier alpha value is -0.410. The molecule has 78 valence electrons. The van der Waals surface area contributed by atoms with Crippen LogP contribution < -0.4 is 5.73 Å². The second-order valence-corrected chi connectivity index (χ2v) is 5.43. The second-order valence-electron chi connectivity index (χ2n) is 4.54. The fraction of sp³-hybridized carbons (Fsp3) is 0.727. The fourth-order valence-corrected chi connectivity index (χ4v) is 2.82. The molecule has 14 heavy (non-hydrogen) atoms. The minimum Gasteiger partial charge on any atom is -0.330 e. The maximum atomic E-state index is 5.63. The van der Waals surface area contributed by atoms with Crippen LogP contribution in [0.2, 0.25) is 0 Å². The molecule has 1 saturated carbocycles. The van der Waals surface area contributed by atoms with Gasteiger partial charge in [0.2, 0.25) is 0 Å². The summed E-state index contributed by atoms with van der Waals surface area (Å²) >= 11 is 1.80. The monoisotopic (exact) mass is 210 g/mol. The van der Waals surface area contributed by atoms with Crippen LogP contribution in [0, 0.1) is 0 Å². The molecule has 0 spiro atoms. The van der Waals surface area contributed by atoms with E-state index >= 15 is 0 Å². The number of thiazole rings is 1. The Kier molecular flexibility index (Phi) is 2.62. The minimum absolute atomic E-state index is 0.373. The van der Waals surface area contributed by atoms with Crippen molar-refractivity contribution in [1.29, 1.82) is 0 Å². The molecule has 0 bridgehead atoms. The van der Waals surface area contributed by atoms with Gasteiger partial charge in [-0.2, -0.15) is 0 Å². The largest absolute Gasteiger partial charge is 0.330 e. The van der Waals surface area contributed by atoms with Gasteiger partial charge in [-0.05, 0) is 25.8 Å². The van der Waals surface area contributed by atoms with Gasteiger partial charge in [0, 0.05) is 16.7 Å². The van der Waals surface area contributed by atoms with E-state index in [2.05, 4.69) is 19.2 Å². The Morgan fingerprint density at radius 1 is 1.57 bits per heavy atom. The molecule has 1 aromatic heterocycles. The van der Waals surface area contributed by atoms with E-state index < -0.39 is 0 Å². The highest BCUT2D eigenvalue weighted by molar-refractivity contribution is 7.09. The van der Waals surface area contributed by atoms with E-state index in [9.17, 15) is 0 Å². The van der Waals surface area contributed by atoms with Gasteiger partial charge in [0.1, 0.15) is 0 Å². The molecule has 1 fully saturated rings. The van der Waals surface area contributed by atoms with Crippen LogP contribution in [0.3, 0.4) is 0 Å². The molecule has 2 nitrogen and oxygen atoms in total. The number of hydrogen-bond donors (Lipinski definition) is 1. The number of rotatable bonds is 4. The smallest absolute Gasteiger partial charge is 0.0953 e. The predicted molar refractivity (Wildman–Crippen MR) is 60.8 cm³/mol. The van der Waals surface area contributed by atoms with E-state index in [0.717, 1.165) is 13.0 Å². The molecule has 0 amide bonds. The Morgan fingerprint density at radius 2 is 2.29 bits per heavy atom. The van der Waals surface area contributed by atoms with E-state index in [4.69, 9.17) is 10.7 Å². The summed E-state index contributed by atoms with van der Waals surface area (Å²) in [5.41, 5.74) is 7.31. The standard InChI is InChI=1S/C11H18N2S/c1-8(2)10-13-9(7-14-10)11(3-4-11)5-6-12/h7-8H,3-6,12H2,1-2H3. The maximum Gasteiger partial charge on any atom is 0.0953 e. The van der Waals surface area contributed by atoms with Crippen LogP contribution in [0.1, 0.15) is 49.7 Å². The van der Waals surface area contributed by atoms with Crippen LogP contribution in [-0.2, 0) is 5.41 Å². The molecule has 1 aliphatic rings. The quantitative estimate of drug-likeness (QED) is 0.829. The minimum atomic E-state index is 0.373. The molecule has 1 aliphatic carbocycles. The average Bonchev–Trinajstić information content (AvgIpc) is 2.77.